The first kappa shape index (κ1) is 21.1. The molecule has 0 atom stereocenters. The third-order valence-corrected chi connectivity index (χ3v) is 4.98. The number of ether oxygens (including phenoxy) is 2. The van der Waals surface area contributed by atoms with Gasteiger partial charge < -0.3 is 19.2 Å². The van der Waals surface area contributed by atoms with E-state index in [1.165, 1.54) is 7.11 Å². The molecule has 4 rings (SSSR count). The van der Waals surface area contributed by atoms with E-state index in [2.05, 4.69) is 15.0 Å². The maximum Gasteiger partial charge on any atom is 0.337 e. The molecule has 1 amide bonds. The van der Waals surface area contributed by atoms with Crippen LogP contribution in [0.2, 0.25) is 0 Å². The van der Waals surface area contributed by atoms with E-state index in [1.54, 1.807) is 48.5 Å². The highest BCUT2D eigenvalue weighted by Crippen LogP contribution is 2.15. The minimum atomic E-state index is -0.390. The van der Waals surface area contributed by atoms with Crippen LogP contribution in [0.15, 0.2) is 73.1 Å². The zero-order valence-corrected chi connectivity index (χ0v) is 17.9. The molecule has 7 nitrogen and oxygen atoms in total. The second-order valence-corrected chi connectivity index (χ2v) is 7.39. The fraction of sp³-hybridized carbons (Fsp3) is 0.160. The lowest BCUT2D eigenvalue weighted by molar-refractivity contribution is 0.0600. The Bertz CT molecular complexity index is 1240. The van der Waals surface area contributed by atoms with Crippen LogP contribution in [0, 0.1) is 6.92 Å². The van der Waals surface area contributed by atoms with E-state index in [0.29, 0.717) is 30.0 Å². The molecule has 0 spiro atoms. The Morgan fingerprint density at radius 1 is 0.938 bits per heavy atom. The predicted molar refractivity (Wildman–Crippen MR) is 120 cm³/mol. The summed E-state index contributed by atoms with van der Waals surface area (Å²) in [4.78, 5) is 28.4. The van der Waals surface area contributed by atoms with Crippen molar-refractivity contribution >= 4 is 17.5 Å². The van der Waals surface area contributed by atoms with E-state index in [4.69, 9.17) is 4.74 Å². The summed E-state index contributed by atoms with van der Waals surface area (Å²) in [6.45, 7) is 2.73. The number of methoxy groups -OCH3 is 1. The minimum absolute atomic E-state index is 0.190. The molecule has 1 N–H and O–H groups in total. The molecule has 162 valence electrons. The van der Waals surface area contributed by atoms with Gasteiger partial charge in [-0.25, -0.2) is 9.78 Å². The Morgan fingerprint density at radius 3 is 2.38 bits per heavy atom. The first-order chi connectivity index (χ1) is 15.5. The zero-order valence-electron chi connectivity index (χ0n) is 17.9. The molecule has 0 radical (unpaired) electrons. The molecule has 0 saturated carbocycles. The van der Waals surface area contributed by atoms with Crippen molar-refractivity contribution in [2.24, 2.45) is 0 Å². The predicted octanol–water partition coefficient (Wildman–Crippen LogP) is 3.94. The summed E-state index contributed by atoms with van der Waals surface area (Å²) >= 11 is 0. The number of fused-ring (bicyclic) bond motifs is 1. The maximum absolute atomic E-state index is 12.4. The highest BCUT2D eigenvalue weighted by Gasteiger charge is 2.08. The van der Waals surface area contributed by atoms with E-state index in [0.717, 1.165) is 22.5 Å². The van der Waals surface area contributed by atoms with Crippen LogP contribution < -0.4 is 10.1 Å². The van der Waals surface area contributed by atoms with Crippen LogP contribution in [0.3, 0.4) is 0 Å². The van der Waals surface area contributed by atoms with Crippen molar-refractivity contribution in [3.8, 4) is 5.75 Å². The summed E-state index contributed by atoms with van der Waals surface area (Å²) < 4.78 is 12.5. The van der Waals surface area contributed by atoms with Crippen molar-refractivity contribution < 1.29 is 19.1 Å². The summed E-state index contributed by atoms with van der Waals surface area (Å²) in [5.74, 6) is 0.0803. The number of carbonyl (C=O) groups excluding carboxylic acids is 2. The van der Waals surface area contributed by atoms with E-state index in [9.17, 15) is 9.59 Å². The molecule has 0 fully saturated rings. The molecule has 0 aliphatic rings. The molecule has 2 aromatic carbocycles. The van der Waals surface area contributed by atoms with Gasteiger partial charge in [-0.1, -0.05) is 18.2 Å². The van der Waals surface area contributed by atoms with Gasteiger partial charge in [0, 0.05) is 24.5 Å². The second-order valence-electron chi connectivity index (χ2n) is 7.39. The Morgan fingerprint density at radius 2 is 1.66 bits per heavy atom. The van der Waals surface area contributed by atoms with Crippen LogP contribution in [-0.4, -0.2) is 28.4 Å². The van der Waals surface area contributed by atoms with Crippen molar-refractivity contribution in [3.05, 3.63) is 101 Å². The molecular formula is C25H23N3O4. The summed E-state index contributed by atoms with van der Waals surface area (Å²) in [7, 11) is 1.34. The number of esters is 1. The first-order valence-corrected chi connectivity index (χ1v) is 10.1. The normalized spacial score (nSPS) is 10.7. The number of nitrogens with zero attached hydrogens (tertiary/aromatic N) is 2. The van der Waals surface area contributed by atoms with Gasteiger partial charge in [-0.2, -0.15) is 0 Å². The number of amides is 1. The number of aryl methyl sites for hydroxylation is 1. The average molecular weight is 429 g/mol. The monoisotopic (exact) mass is 429 g/mol. The molecule has 7 heteroatoms. The first-order valence-electron chi connectivity index (χ1n) is 10.1. The van der Waals surface area contributed by atoms with E-state index >= 15 is 0 Å². The van der Waals surface area contributed by atoms with Crippen molar-refractivity contribution in [3.63, 3.8) is 0 Å². The maximum atomic E-state index is 12.4. The highest BCUT2D eigenvalue weighted by molar-refractivity contribution is 5.94. The lowest BCUT2D eigenvalue weighted by Gasteiger charge is -2.08. The molecule has 2 heterocycles. The number of nitrogens with one attached hydrogen (secondary N) is 1. The number of aromatic nitrogens is 2. The Hall–Kier alpha value is -4.13. The number of rotatable bonds is 7. The Kier molecular flexibility index (Phi) is 6.17. The highest BCUT2D eigenvalue weighted by atomic mass is 16.5. The Balaban J connectivity index is 1.30. The molecular weight excluding hydrogens is 406 g/mol. The molecule has 0 unspecified atom stereocenters. The Labute approximate surface area is 185 Å². The summed E-state index contributed by atoms with van der Waals surface area (Å²) in [6, 6.07) is 17.9. The van der Waals surface area contributed by atoms with Crippen LogP contribution in [-0.2, 0) is 17.9 Å². The molecule has 2 aromatic heterocycles. The number of imidazole rings is 1. The largest absolute Gasteiger partial charge is 0.487 e. The lowest BCUT2D eigenvalue weighted by atomic mass is 10.1. The van der Waals surface area contributed by atoms with Crippen molar-refractivity contribution in [2.45, 2.75) is 20.1 Å². The fourth-order valence-electron chi connectivity index (χ4n) is 3.25. The van der Waals surface area contributed by atoms with Gasteiger partial charge in [0.05, 0.1) is 18.4 Å². The standard InChI is InChI=1S/C25H23N3O4/c1-17-3-12-23-27-21(15-28(23)14-17)16-32-22-10-8-19(9-11-22)24(29)26-13-18-4-6-20(7-5-18)25(30)31-2/h3-12,14-15H,13,16H2,1-2H3,(H,26,29). The van der Waals surface area contributed by atoms with E-state index in [1.807, 2.05) is 35.9 Å². The molecule has 0 aliphatic carbocycles. The van der Waals surface area contributed by atoms with Crippen molar-refractivity contribution in [1.82, 2.24) is 14.7 Å². The number of benzene rings is 2. The molecule has 0 saturated heterocycles. The smallest absolute Gasteiger partial charge is 0.337 e. The topological polar surface area (TPSA) is 81.9 Å². The number of carbonyl (C=O) groups is 2. The summed E-state index contributed by atoms with van der Waals surface area (Å²) in [5.41, 5.74) is 4.75. The zero-order chi connectivity index (χ0) is 22.5. The molecule has 32 heavy (non-hydrogen) atoms. The summed E-state index contributed by atoms with van der Waals surface area (Å²) in [6.07, 6.45) is 3.97. The van der Waals surface area contributed by atoms with Crippen molar-refractivity contribution in [2.75, 3.05) is 7.11 Å². The number of hydrogen-bond acceptors (Lipinski definition) is 5. The third-order valence-electron chi connectivity index (χ3n) is 4.98. The minimum Gasteiger partial charge on any atom is -0.487 e. The lowest BCUT2D eigenvalue weighted by Crippen LogP contribution is -2.22. The van der Waals surface area contributed by atoms with Crippen LogP contribution in [0.5, 0.6) is 5.75 Å². The van der Waals surface area contributed by atoms with Crippen LogP contribution in [0.25, 0.3) is 5.65 Å². The van der Waals surface area contributed by atoms with Gasteiger partial charge in [0.2, 0.25) is 0 Å². The average Bonchev–Trinajstić information content (AvgIpc) is 3.23. The third kappa shape index (κ3) is 4.95. The summed E-state index contributed by atoms with van der Waals surface area (Å²) in [5, 5.41) is 2.87. The molecule has 4 aromatic rings. The number of pyridine rings is 1. The quantitative estimate of drug-likeness (QED) is 0.450. The van der Waals surface area contributed by atoms with Gasteiger partial charge in [-0.05, 0) is 60.5 Å². The van der Waals surface area contributed by atoms with Crippen LogP contribution in [0.1, 0.15) is 37.5 Å². The molecule has 0 aliphatic heterocycles. The van der Waals surface area contributed by atoms with Gasteiger partial charge in [-0.3, -0.25) is 4.79 Å². The van der Waals surface area contributed by atoms with Crippen LogP contribution in [0.4, 0.5) is 0 Å². The van der Waals surface area contributed by atoms with E-state index < -0.39 is 0 Å². The van der Waals surface area contributed by atoms with Gasteiger partial charge in [0.1, 0.15) is 18.0 Å². The molecule has 0 bridgehead atoms. The van der Waals surface area contributed by atoms with Gasteiger partial charge in [0.15, 0.2) is 0 Å². The number of hydrogen-bond donors (Lipinski definition) is 1. The van der Waals surface area contributed by atoms with Gasteiger partial charge in [0.25, 0.3) is 5.91 Å². The second kappa shape index (κ2) is 9.34. The van der Waals surface area contributed by atoms with E-state index in [-0.39, 0.29) is 11.9 Å². The fourth-order valence-corrected chi connectivity index (χ4v) is 3.25. The van der Waals surface area contributed by atoms with Crippen LogP contribution >= 0.6 is 0 Å². The van der Waals surface area contributed by atoms with Gasteiger partial charge in [-0.15, -0.1) is 0 Å². The van der Waals surface area contributed by atoms with Gasteiger partial charge >= 0.3 is 5.97 Å². The SMILES string of the molecule is COC(=O)c1ccc(CNC(=O)c2ccc(OCc3cn4cc(C)ccc4n3)cc2)cc1. The van der Waals surface area contributed by atoms with Crippen molar-refractivity contribution in [1.29, 1.82) is 0 Å².